The molecule has 0 saturated carbocycles. The molecule has 0 fully saturated rings. The molecule has 0 spiro atoms. The van der Waals surface area contributed by atoms with Gasteiger partial charge in [0, 0.05) is 11.1 Å². The van der Waals surface area contributed by atoms with Gasteiger partial charge in [0.2, 0.25) is 5.91 Å². The quantitative estimate of drug-likeness (QED) is 0.873. The summed E-state index contributed by atoms with van der Waals surface area (Å²) in [5.41, 5.74) is 11.2. The van der Waals surface area contributed by atoms with E-state index in [0.717, 1.165) is 6.42 Å². The molecule has 5 heteroatoms. The van der Waals surface area contributed by atoms with Gasteiger partial charge in [0.15, 0.2) is 0 Å². The third kappa shape index (κ3) is 4.02. The van der Waals surface area contributed by atoms with Crippen molar-refractivity contribution >= 4 is 21.8 Å². The topological polar surface area (TPSA) is 78.3 Å². The summed E-state index contributed by atoms with van der Waals surface area (Å²) in [5.74, 6) is 0.189. The van der Waals surface area contributed by atoms with E-state index in [0.29, 0.717) is 22.4 Å². The van der Waals surface area contributed by atoms with Crippen molar-refractivity contribution < 1.29 is 9.53 Å². The van der Waals surface area contributed by atoms with Crippen LogP contribution < -0.4 is 16.2 Å². The van der Waals surface area contributed by atoms with Crippen LogP contribution in [0.1, 0.15) is 30.6 Å². The molecule has 1 aromatic carbocycles. The van der Waals surface area contributed by atoms with Gasteiger partial charge in [-0.3, -0.25) is 4.79 Å². The monoisotopic (exact) mass is 300 g/mol. The summed E-state index contributed by atoms with van der Waals surface area (Å²) < 4.78 is 6.30. The van der Waals surface area contributed by atoms with Gasteiger partial charge in [0.05, 0.1) is 4.47 Å². The number of carbonyl (C=O) groups is 1. The van der Waals surface area contributed by atoms with Gasteiger partial charge in [-0.05, 0) is 47.5 Å². The first kappa shape index (κ1) is 14.0. The lowest BCUT2D eigenvalue weighted by Crippen LogP contribution is -2.41. The fraction of sp³-hybridized carbons (Fsp3) is 0.417. The van der Waals surface area contributed by atoms with Crippen molar-refractivity contribution in [2.24, 2.45) is 11.5 Å². The maximum absolute atomic E-state index is 11.0. The third-order valence-corrected chi connectivity index (χ3v) is 3.20. The van der Waals surface area contributed by atoms with Crippen LogP contribution in [0.3, 0.4) is 0 Å². The minimum atomic E-state index is -0.463. The van der Waals surface area contributed by atoms with Crippen LogP contribution in [0.5, 0.6) is 5.75 Å². The largest absolute Gasteiger partial charge is 0.491 e. The molecular formula is C12H17BrN2O2. The molecule has 0 aliphatic carbocycles. The molecule has 1 aromatic rings. The Morgan fingerprint density at radius 3 is 2.65 bits per heavy atom. The van der Waals surface area contributed by atoms with Crippen molar-refractivity contribution in [2.45, 2.75) is 25.8 Å². The first-order valence-corrected chi connectivity index (χ1v) is 6.16. The van der Waals surface area contributed by atoms with E-state index >= 15 is 0 Å². The van der Waals surface area contributed by atoms with Crippen LogP contribution in [-0.4, -0.2) is 18.1 Å². The molecule has 4 nitrogen and oxygen atoms in total. The minimum absolute atomic E-state index is 0.359. The van der Waals surface area contributed by atoms with Crippen LogP contribution in [0, 0.1) is 0 Å². The highest BCUT2D eigenvalue weighted by Crippen LogP contribution is 2.26. The van der Waals surface area contributed by atoms with E-state index in [1.54, 1.807) is 18.2 Å². The summed E-state index contributed by atoms with van der Waals surface area (Å²) in [6, 6.07) is 4.97. The van der Waals surface area contributed by atoms with E-state index in [2.05, 4.69) is 15.9 Å². The van der Waals surface area contributed by atoms with Crippen LogP contribution >= 0.6 is 15.9 Å². The maximum atomic E-state index is 11.0. The smallest absolute Gasteiger partial charge is 0.248 e. The van der Waals surface area contributed by atoms with Crippen molar-refractivity contribution in [1.29, 1.82) is 0 Å². The van der Waals surface area contributed by atoms with Crippen molar-refractivity contribution in [3.63, 3.8) is 0 Å². The predicted octanol–water partition coefficient (Wildman–Crippen LogP) is 2.05. The Kier molecular flexibility index (Phi) is 4.54. The predicted molar refractivity (Wildman–Crippen MR) is 71.0 cm³/mol. The zero-order chi connectivity index (χ0) is 13.1. The van der Waals surface area contributed by atoms with Gasteiger partial charge in [0.1, 0.15) is 12.4 Å². The molecule has 17 heavy (non-hydrogen) atoms. The maximum Gasteiger partial charge on any atom is 0.248 e. The van der Waals surface area contributed by atoms with Crippen molar-refractivity contribution in [3.05, 3.63) is 28.2 Å². The summed E-state index contributed by atoms with van der Waals surface area (Å²) in [4.78, 5) is 11.0. The van der Waals surface area contributed by atoms with Crippen LogP contribution in [-0.2, 0) is 0 Å². The Morgan fingerprint density at radius 2 is 2.18 bits per heavy atom. The van der Waals surface area contributed by atoms with Gasteiger partial charge in [-0.2, -0.15) is 0 Å². The zero-order valence-corrected chi connectivity index (χ0v) is 11.6. The molecule has 1 amide bonds. The number of halogens is 1. The fourth-order valence-electron chi connectivity index (χ4n) is 1.12. The summed E-state index contributed by atoms with van der Waals surface area (Å²) >= 11 is 3.33. The van der Waals surface area contributed by atoms with Gasteiger partial charge < -0.3 is 16.2 Å². The first-order valence-electron chi connectivity index (χ1n) is 5.37. The van der Waals surface area contributed by atoms with Crippen LogP contribution in [0.2, 0.25) is 0 Å². The number of benzene rings is 1. The standard InChI is InChI=1S/C12H17BrN2O2/c1-3-12(2,15)7-17-10-5-4-8(11(14)16)6-9(10)13/h4-6H,3,7,15H2,1-2H3,(H2,14,16). The molecule has 0 aliphatic rings. The molecule has 1 unspecified atom stereocenters. The van der Waals surface area contributed by atoms with Gasteiger partial charge in [-0.15, -0.1) is 0 Å². The number of nitrogens with two attached hydrogens (primary N) is 2. The Labute approximate surface area is 109 Å². The number of hydrogen-bond acceptors (Lipinski definition) is 3. The molecule has 1 rings (SSSR count). The van der Waals surface area contributed by atoms with Crippen LogP contribution in [0.25, 0.3) is 0 Å². The highest BCUT2D eigenvalue weighted by atomic mass is 79.9. The van der Waals surface area contributed by atoms with Gasteiger partial charge >= 0.3 is 0 Å². The van der Waals surface area contributed by atoms with Crippen molar-refractivity contribution in [1.82, 2.24) is 0 Å². The Hall–Kier alpha value is -1.07. The molecule has 0 bridgehead atoms. The third-order valence-electron chi connectivity index (χ3n) is 2.58. The van der Waals surface area contributed by atoms with E-state index in [9.17, 15) is 4.79 Å². The number of carbonyl (C=O) groups excluding carboxylic acids is 1. The van der Waals surface area contributed by atoms with Crippen LogP contribution in [0.4, 0.5) is 0 Å². The number of primary amides is 1. The molecule has 94 valence electrons. The average molecular weight is 301 g/mol. The molecule has 1 atom stereocenters. The van der Waals surface area contributed by atoms with Gasteiger partial charge in [-0.25, -0.2) is 0 Å². The van der Waals surface area contributed by atoms with Crippen LogP contribution in [0.15, 0.2) is 22.7 Å². The number of hydrogen-bond donors (Lipinski definition) is 2. The summed E-state index contributed by atoms with van der Waals surface area (Å²) in [7, 11) is 0. The Bertz CT molecular complexity index is 419. The molecule has 0 radical (unpaired) electrons. The molecule has 0 aliphatic heterocycles. The summed E-state index contributed by atoms with van der Waals surface area (Å²) in [5, 5.41) is 0. The second-order valence-electron chi connectivity index (χ2n) is 4.31. The SMILES string of the molecule is CCC(C)(N)COc1ccc(C(N)=O)cc1Br. The number of rotatable bonds is 5. The number of ether oxygens (including phenoxy) is 1. The lowest BCUT2D eigenvalue weighted by molar-refractivity contribution is 0.1000. The normalized spacial score (nSPS) is 14.1. The molecule has 4 N–H and O–H groups in total. The molecule has 0 saturated heterocycles. The zero-order valence-electron chi connectivity index (χ0n) is 10.00. The highest BCUT2D eigenvalue weighted by molar-refractivity contribution is 9.10. The lowest BCUT2D eigenvalue weighted by atomic mass is 10.0. The Morgan fingerprint density at radius 1 is 1.53 bits per heavy atom. The first-order chi connectivity index (χ1) is 7.85. The number of amides is 1. The van der Waals surface area contributed by atoms with E-state index in [1.807, 2.05) is 13.8 Å². The lowest BCUT2D eigenvalue weighted by Gasteiger charge is -2.23. The van der Waals surface area contributed by atoms with Crippen molar-refractivity contribution in [3.8, 4) is 5.75 Å². The average Bonchev–Trinajstić information content (AvgIpc) is 2.27. The second-order valence-corrected chi connectivity index (χ2v) is 5.16. The summed E-state index contributed by atoms with van der Waals surface area (Å²) in [6.07, 6.45) is 0.823. The fourth-order valence-corrected chi connectivity index (χ4v) is 1.61. The molecule has 0 heterocycles. The van der Waals surface area contributed by atoms with Crippen molar-refractivity contribution in [2.75, 3.05) is 6.61 Å². The minimum Gasteiger partial charge on any atom is -0.491 e. The molecule has 0 aromatic heterocycles. The molecular weight excluding hydrogens is 284 g/mol. The second kappa shape index (κ2) is 5.51. The van der Waals surface area contributed by atoms with Gasteiger partial charge in [0.25, 0.3) is 0 Å². The van der Waals surface area contributed by atoms with E-state index < -0.39 is 5.91 Å². The highest BCUT2D eigenvalue weighted by Gasteiger charge is 2.17. The van der Waals surface area contributed by atoms with E-state index in [4.69, 9.17) is 16.2 Å². The van der Waals surface area contributed by atoms with E-state index in [-0.39, 0.29) is 5.54 Å². The van der Waals surface area contributed by atoms with E-state index in [1.165, 1.54) is 0 Å². The van der Waals surface area contributed by atoms with Gasteiger partial charge in [-0.1, -0.05) is 6.92 Å². The Balaban J connectivity index is 2.77. The summed E-state index contributed by atoms with van der Waals surface area (Å²) in [6.45, 7) is 4.35.